The van der Waals surface area contributed by atoms with E-state index >= 15 is 0 Å². The topological polar surface area (TPSA) is 31.4 Å². The Hall–Kier alpha value is -1.91. The molecule has 0 saturated heterocycles. The number of nitrogens with zero attached hydrogens (tertiary/aromatic N) is 1. The maximum absolute atomic E-state index is 5.65. The second kappa shape index (κ2) is 5.61. The Bertz CT molecular complexity index is 745. The van der Waals surface area contributed by atoms with E-state index in [1.807, 2.05) is 37.3 Å². The van der Waals surface area contributed by atoms with Crippen LogP contribution < -0.4 is 5.59 Å². The second-order valence-corrected chi connectivity index (χ2v) is 4.58. The van der Waals surface area contributed by atoms with Gasteiger partial charge in [0.15, 0.2) is 0 Å². The van der Waals surface area contributed by atoms with Gasteiger partial charge in [0, 0.05) is 24.5 Å². The average Bonchev–Trinajstić information content (AvgIpc) is 2.52. The summed E-state index contributed by atoms with van der Waals surface area (Å²) in [7, 11) is 1.21. The minimum atomic E-state index is -0.436. The molecule has 3 nitrogen and oxygen atoms in total. The number of fused-ring (bicyclic) bond motifs is 3. The van der Waals surface area contributed by atoms with Gasteiger partial charge in [-0.05, 0) is 18.4 Å². The predicted octanol–water partition coefficient (Wildman–Crippen LogP) is 2.77. The van der Waals surface area contributed by atoms with Crippen LogP contribution in [0.15, 0.2) is 48.5 Å². The molecule has 4 heteroatoms. The van der Waals surface area contributed by atoms with Gasteiger partial charge in [0.1, 0.15) is 0 Å². The average molecular weight is 265 g/mol. The van der Waals surface area contributed by atoms with Gasteiger partial charge in [-0.3, -0.25) is 4.98 Å². The van der Waals surface area contributed by atoms with Gasteiger partial charge in [0.2, 0.25) is 0 Å². The second-order valence-electron chi connectivity index (χ2n) is 4.58. The smallest absolute Gasteiger partial charge is 0.409 e. The van der Waals surface area contributed by atoms with E-state index in [0.717, 1.165) is 21.9 Å². The molecule has 0 amide bonds. The van der Waals surface area contributed by atoms with Gasteiger partial charge in [0.25, 0.3) is 0 Å². The zero-order valence-corrected chi connectivity index (χ0v) is 11.7. The van der Waals surface area contributed by atoms with Gasteiger partial charge in [-0.25, -0.2) is 0 Å². The van der Waals surface area contributed by atoms with Crippen molar-refractivity contribution in [2.75, 3.05) is 13.7 Å². The molecule has 1 heterocycles. The fourth-order valence-electron chi connectivity index (χ4n) is 2.52. The normalized spacial score (nSPS) is 11.1. The largest absolute Gasteiger partial charge is 0.514 e. The van der Waals surface area contributed by atoms with E-state index in [0.29, 0.717) is 6.61 Å². The molecule has 3 rings (SSSR count). The summed E-state index contributed by atoms with van der Waals surface area (Å²) in [4.78, 5) is 4.74. The number of para-hydroxylation sites is 1. The molecule has 3 aromatic rings. The molecule has 0 radical (unpaired) electrons. The number of hydrogen-bond donors (Lipinski definition) is 0. The van der Waals surface area contributed by atoms with Crippen molar-refractivity contribution in [1.82, 2.24) is 4.98 Å². The molecule has 0 aliphatic carbocycles. The van der Waals surface area contributed by atoms with Crippen LogP contribution in [0.2, 0.25) is 0 Å². The first kappa shape index (κ1) is 13.1. The molecule has 0 spiro atoms. The molecule has 0 aliphatic rings. The lowest BCUT2D eigenvalue weighted by molar-refractivity contribution is 0.253. The summed E-state index contributed by atoms with van der Waals surface area (Å²) in [6, 6.07) is 16.4. The van der Waals surface area contributed by atoms with E-state index in [1.165, 1.54) is 5.39 Å². The minimum absolute atomic E-state index is 0.436. The fraction of sp³-hybridized carbons (Fsp3) is 0.188. The van der Waals surface area contributed by atoms with Crippen molar-refractivity contribution < 1.29 is 9.31 Å². The number of pyridine rings is 1. The molecule has 0 fully saturated rings. The van der Waals surface area contributed by atoms with Crippen molar-refractivity contribution in [2.45, 2.75) is 6.92 Å². The zero-order chi connectivity index (χ0) is 13.9. The summed E-state index contributed by atoms with van der Waals surface area (Å²) in [6.07, 6.45) is 0. The van der Waals surface area contributed by atoms with Crippen LogP contribution in [0.3, 0.4) is 0 Å². The van der Waals surface area contributed by atoms with Crippen molar-refractivity contribution in [3.05, 3.63) is 48.5 Å². The molecule has 0 aliphatic heterocycles. The van der Waals surface area contributed by atoms with Crippen molar-refractivity contribution in [2.24, 2.45) is 0 Å². The Morgan fingerprint density at radius 1 is 0.950 bits per heavy atom. The summed E-state index contributed by atoms with van der Waals surface area (Å²) in [5.74, 6) is 0. The van der Waals surface area contributed by atoms with Crippen molar-refractivity contribution in [3.63, 3.8) is 0 Å². The molecule has 0 saturated carbocycles. The van der Waals surface area contributed by atoms with Crippen LogP contribution in [0, 0.1) is 0 Å². The van der Waals surface area contributed by atoms with E-state index in [2.05, 4.69) is 18.2 Å². The number of rotatable bonds is 4. The van der Waals surface area contributed by atoms with Crippen LogP contribution in [-0.2, 0) is 9.31 Å². The molecule has 0 atom stereocenters. The predicted molar refractivity (Wildman–Crippen MR) is 83.3 cm³/mol. The monoisotopic (exact) mass is 265 g/mol. The molecular weight excluding hydrogens is 249 g/mol. The van der Waals surface area contributed by atoms with Gasteiger partial charge >= 0.3 is 7.12 Å². The summed E-state index contributed by atoms with van der Waals surface area (Å²) in [6.45, 7) is 2.54. The first-order valence-electron chi connectivity index (χ1n) is 6.77. The summed E-state index contributed by atoms with van der Waals surface area (Å²) >= 11 is 0. The van der Waals surface area contributed by atoms with Gasteiger partial charge in [-0.1, -0.05) is 42.5 Å². The van der Waals surface area contributed by atoms with Crippen LogP contribution >= 0.6 is 0 Å². The molecule has 0 N–H and O–H groups in total. The Morgan fingerprint density at radius 2 is 1.60 bits per heavy atom. The lowest BCUT2D eigenvalue weighted by Gasteiger charge is -2.14. The van der Waals surface area contributed by atoms with E-state index in [1.54, 1.807) is 7.11 Å². The van der Waals surface area contributed by atoms with Crippen LogP contribution in [0.4, 0.5) is 0 Å². The molecule has 0 unspecified atom stereocenters. The first-order chi connectivity index (χ1) is 9.85. The number of hydrogen-bond acceptors (Lipinski definition) is 3. The molecule has 1 aromatic heterocycles. The van der Waals surface area contributed by atoms with Crippen LogP contribution in [0.25, 0.3) is 21.7 Å². The number of aromatic nitrogens is 1. The highest BCUT2D eigenvalue weighted by Gasteiger charge is 2.24. The molecule has 20 heavy (non-hydrogen) atoms. The van der Waals surface area contributed by atoms with Crippen molar-refractivity contribution >= 4 is 34.4 Å². The molecule has 2 aromatic carbocycles. The molecule has 0 bridgehead atoms. The highest BCUT2D eigenvalue weighted by Crippen LogP contribution is 2.22. The third-order valence-corrected chi connectivity index (χ3v) is 3.39. The van der Waals surface area contributed by atoms with Crippen LogP contribution in [0.5, 0.6) is 0 Å². The lowest BCUT2D eigenvalue weighted by Crippen LogP contribution is -2.38. The maximum atomic E-state index is 5.65. The Kier molecular flexibility index (Phi) is 3.67. The van der Waals surface area contributed by atoms with E-state index in [-0.39, 0.29) is 0 Å². The summed E-state index contributed by atoms with van der Waals surface area (Å²) in [5.41, 5.74) is 1.80. The third-order valence-electron chi connectivity index (χ3n) is 3.39. The van der Waals surface area contributed by atoms with Gasteiger partial charge in [-0.15, -0.1) is 0 Å². The van der Waals surface area contributed by atoms with Gasteiger partial charge in [0.05, 0.1) is 11.1 Å². The minimum Gasteiger partial charge on any atom is -0.409 e. The highest BCUT2D eigenvalue weighted by molar-refractivity contribution is 6.63. The standard InChI is InChI=1S/C16H16BNO2/c1-3-20-17(19-2)16-14-10-5-4-8-12(14)13-9-6-7-11-15(13)18-16/h4-11H,3H2,1-2H3. The van der Waals surface area contributed by atoms with Gasteiger partial charge in [-0.2, -0.15) is 0 Å². The Balaban J connectivity index is 2.33. The van der Waals surface area contributed by atoms with Crippen LogP contribution in [-0.4, -0.2) is 25.8 Å². The fourth-order valence-corrected chi connectivity index (χ4v) is 2.52. The first-order valence-corrected chi connectivity index (χ1v) is 6.77. The van der Waals surface area contributed by atoms with Crippen molar-refractivity contribution in [1.29, 1.82) is 0 Å². The summed E-state index contributed by atoms with van der Waals surface area (Å²) < 4.78 is 11.1. The quantitative estimate of drug-likeness (QED) is 0.537. The molecular formula is C16H16BNO2. The van der Waals surface area contributed by atoms with E-state index < -0.39 is 7.12 Å². The lowest BCUT2D eigenvalue weighted by atomic mass is 9.80. The maximum Gasteiger partial charge on any atom is 0.514 e. The Morgan fingerprint density at radius 3 is 2.30 bits per heavy atom. The molecule has 100 valence electrons. The van der Waals surface area contributed by atoms with Crippen molar-refractivity contribution in [3.8, 4) is 0 Å². The van der Waals surface area contributed by atoms with Crippen LogP contribution in [0.1, 0.15) is 6.92 Å². The summed E-state index contributed by atoms with van der Waals surface area (Å²) in [5, 5.41) is 3.40. The van der Waals surface area contributed by atoms with Gasteiger partial charge < -0.3 is 9.31 Å². The van der Waals surface area contributed by atoms with E-state index in [9.17, 15) is 0 Å². The zero-order valence-electron chi connectivity index (χ0n) is 11.7. The van der Waals surface area contributed by atoms with E-state index in [4.69, 9.17) is 14.3 Å². The number of benzene rings is 2. The highest BCUT2D eigenvalue weighted by atomic mass is 16.6. The SMILES string of the molecule is CCOB(OC)c1nc2ccccc2c2ccccc12. The third kappa shape index (κ3) is 2.17. The Labute approximate surface area is 118 Å².